The van der Waals surface area contributed by atoms with Gasteiger partial charge in [0.05, 0.1) is 6.54 Å². The summed E-state index contributed by atoms with van der Waals surface area (Å²) in [4.78, 5) is 10.8. The summed E-state index contributed by atoms with van der Waals surface area (Å²) in [5, 5.41) is 6.09. The van der Waals surface area contributed by atoms with E-state index in [1.807, 2.05) is 0 Å². The maximum atomic E-state index is 10.8. The predicted octanol–water partition coefficient (Wildman–Crippen LogP) is -0.939. The molecule has 70 valence electrons. The molecule has 0 saturated carbocycles. The highest BCUT2D eigenvalue weighted by atomic mass is 16.1. The minimum atomic E-state index is -0.0477. The van der Waals surface area contributed by atoms with Crippen LogP contribution in [0.2, 0.25) is 0 Å². The van der Waals surface area contributed by atoms with E-state index in [1.54, 1.807) is 0 Å². The van der Waals surface area contributed by atoms with E-state index in [2.05, 4.69) is 10.6 Å². The lowest BCUT2D eigenvalue weighted by molar-refractivity contribution is -0.119. The van der Waals surface area contributed by atoms with E-state index in [0.717, 1.165) is 32.5 Å². The van der Waals surface area contributed by atoms with Crippen LogP contribution in [-0.2, 0) is 4.79 Å². The van der Waals surface area contributed by atoms with Crippen LogP contribution < -0.4 is 16.4 Å². The Hall–Kier alpha value is -0.610. The first-order chi connectivity index (χ1) is 5.83. The van der Waals surface area contributed by atoms with Gasteiger partial charge >= 0.3 is 0 Å². The topological polar surface area (TPSA) is 67.2 Å². The third kappa shape index (κ3) is 3.19. The van der Waals surface area contributed by atoms with Crippen LogP contribution in [0.5, 0.6) is 0 Å². The van der Waals surface area contributed by atoms with Gasteiger partial charge in [0.1, 0.15) is 0 Å². The van der Waals surface area contributed by atoms with Crippen molar-refractivity contribution >= 4 is 5.91 Å². The molecule has 0 radical (unpaired) electrons. The van der Waals surface area contributed by atoms with E-state index >= 15 is 0 Å². The summed E-state index contributed by atoms with van der Waals surface area (Å²) in [6, 6.07) is 0. The Kier molecular flexibility index (Phi) is 4.04. The van der Waals surface area contributed by atoms with Crippen molar-refractivity contribution in [2.24, 2.45) is 11.7 Å². The predicted molar refractivity (Wildman–Crippen MR) is 47.7 cm³/mol. The summed E-state index contributed by atoms with van der Waals surface area (Å²) >= 11 is 0. The van der Waals surface area contributed by atoms with Crippen LogP contribution in [0.15, 0.2) is 0 Å². The van der Waals surface area contributed by atoms with Gasteiger partial charge in [0.25, 0.3) is 0 Å². The summed E-state index contributed by atoms with van der Waals surface area (Å²) in [6.07, 6.45) is 2.32. The Labute approximate surface area is 72.9 Å². The van der Waals surface area contributed by atoms with E-state index in [-0.39, 0.29) is 12.5 Å². The quantitative estimate of drug-likeness (QED) is 0.513. The highest BCUT2D eigenvalue weighted by molar-refractivity contribution is 5.77. The van der Waals surface area contributed by atoms with Gasteiger partial charge in [-0.25, -0.2) is 0 Å². The van der Waals surface area contributed by atoms with Gasteiger partial charge in [-0.2, -0.15) is 0 Å². The number of hydrogen-bond donors (Lipinski definition) is 3. The number of amides is 1. The third-order valence-electron chi connectivity index (χ3n) is 2.23. The van der Waals surface area contributed by atoms with Crippen molar-refractivity contribution in [1.82, 2.24) is 10.6 Å². The average Bonchev–Trinajstić information content (AvgIpc) is 2.16. The van der Waals surface area contributed by atoms with Gasteiger partial charge < -0.3 is 16.4 Å². The maximum Gasteiger partial charge on any atom is 0.233 e. The van der Waals surface area contributed by atoms with Crippen LogP contribution in [-0.4, -0.2) is 32.1 Å². The Morgan fingerprint density at radius 3 is 2.75 bits per heavy atom. The molecule has 12 heavy (non-hydrogen) atoms. The number of nitrogens with two attached hydrogens (primary N) is 1. The molecular weight excluding hydrogens is 154 g/mol. The Balaban J connectivity index is 2.09. The van der Waals surface area contributed by atoms with Gasteiger partial charge in [-0.15, -0.1) is 0 Å². The van der Waals surface area contributed by atoms with Crippen molar-refractivity contribution in [1.29, 1.82) is 0 Å². The van der Waals surface area contributed by atoms with Crippen molar-refractivity contribution in [3.63, 3.8) is 0 Å². The second-order valence-electron chi connectivity index (χ2n) is 3.20. The summed E-state index contributed by atoms with van der Waals surface area (Å²) in [5.74, 6) is 0.593. The van der Waals surface area contributed by atoms with Gasteiger partial charge in [0.15, 0.2) is 0 Å². The molecule has 1 fully saturated rings. The average molecular weight is 171 g/mol. The smallest absolute Gasteiger partial charge is 0.233 e. The highest BCUT2D eigenvalue weighted by Gasteiger charge is 2.12. The van der Waals surface area contributed by atoms with Crippen molar-refractivity contribution < 1.29 is 4.79 Å². The van der Waals surface area contributed by atoms with Crippen molar-refractivity contribution in [3.05, 3.63) is 0 Å². The second-order valence-corrected chi connectivity index (χ2v) is 3.20. The van der Waals surface area contributed by atoms with E-state index in [0.29, 0.717) is 5.92 Å². The first-order valence-electron chi connectivity index (χ1n) is 4.50. The van der Waals surface area contributed by atoms with Crippen LogP contribution >= 0.6 is 0 Å². The zero-order chi connectivity index (χ0) is 8.81. The first-order valence-corrected chi connectivity index (χ1v) is 4.50. The third-order valence-corrected chi connectivity index (χ3v) is 2.23. The fraction of sp³-hybridized carbons (Fsp3) is 0.875. The van der Waals surface area contributed by atoms with Gasteiger partial charge in [-0.05, 0) is 31.8 Å². The lowest BCUT2D eigenvalue weighted by Gasteiger charge is -2.22. The molecule has 0 aromatic rings. The molecule has 0 aromatic heterocycles. The molecule has 1 heterocycles. The minimum Gasteiger partial charge on any atom is -0.355 e. The Morgan fingerprint density at radius 1 is 1.50 bits per heavy atom. The van der Waals surface area contributed by atoms with E-state index < -0.39 is 0 Å². The van der Waals surface area contributed by atoms with Gasteiger partial charge in [0, 0.05) is 6.54 Å². The number of rotatable bonds is 3. The zero-order valence-corrected chi connectivity index (χ0v) is 7.31. The van der Waals surface area contributed by atoms with Gasteiger partial charge in [-0.3, -0.25) is 4.79 Å². The van der Waals surface area contributed by atoms with E-state index in [1.165, 1.54) is 0 Å². The van der Waals surface area contributed by atoms with Crippen LogP contribution in [0.25, 0.3) is 0 Å². The summed E-state index contributed by atoms with van der Waals surface area (Å²) < 4.78 is 0. The molecule has 1 amide bonds. The largest absolute Gasteiger partial charge is 0.355 e. The Bertz CT molecular complexity index is 143. The second kappa shape index (κ2) is 5.11. The fourth-order valence-electron chi connectivity index (χ4n) is 1.42. The molecule has 1 aliphatic heterocycles. The van der Waals surface area contributed by atoms with Crippen molar-refractivity contribution in [2.75, 3.05) is 26.2 Å². The molecular formula is C8H17N3O. The monoisotopic (exact) mass is 171 g/mol. The van der Waals surface area contributed by atoms with Crippen LogP contribution in [0.3, 0.4) is 0 Å². The lowest BCUT2D eigenvalue weighted by Crippen LogP contribution is -2.38. The minimum absolute atomic E-state index is 0.0477. The van der Waals surface area contributed by atoms with Crippen LogP contribution in [0.4, 0.5) is 0 Å². The molecule has 0 bridgehead atoms. The van der Waals surface area contributed by atoms with Crippen LogP contribution in [0.1, 0.15) is 12.8 Å². The number of carbonyl (C=O) groups excluding carboxylic acids is 1. The molecule has 4 N–H and O–H groups in total. The van der Waals surface area contributed by atoms with E-state index in [9.17, 15) is 4.79 Å². The first kappa shape index (κ1) is 9.48. The maximum absolute atomic E-state index is 10.8. The Morgan fingerprint density at radius 2 is 2.17 bits per heavy atom. The molecule has 0 atom stereocenters. The fourth-order valence-corrected chi connectivity index (χ4v) is 1.42. The SMILES string of the molecule is NCC(=O)NCC1CCNCC1. The molecule has 4 heteroatoms. The number of carbonyl (C=O) groups is 1. The molecule has 0 aromatic carbocycles. The summed E-state index contributed by atoms with van der Waals surface area (Å²) in [5.41, 5.74) is 5.16. The highest BCUT2D eigenvalue weighted by Crippen LogP contribution is 2.09. The summed E-state index contributed by atoms with van der Waals surface area (Å²) in [6.45, 7) is 3.04. The molecule has 0 unspecified atom stereocenters. The number of nitrogens with one attached hydrogen (secondary N) is 2. The molecule has 1 aliphatic rings. The standard InChI is InChI=1S/C8H17N3O/c9-5-8(12)11-6-7-1-3-10-4-2-7/h7,10H,1-6,9H2,(H,11,12). The lowest BCUT2D eigenvalue weighted by atomic mass is 9.98. The molecule has 1 saturated heterocycles. The number of piperidine rings is 1. The molecule has 4 nitrogen and oxygen atoms in total. The molecule has 0 spiro atoms. The normalized spacial score (nSPS) is 19.1. The zero-order valence-electron chi connectivity index (χ0n) is 7.31. The van der Waals surface area contributed by atoms with Crippen molar-refractivity contribution in [3.8, 4) is 0 Å². The van der Waals surface area contributed by atoms with Crippen LogP contribution in [0, 0.1) is 5.92 Å². The molecule has 1 rings (SSSR count). The molecule has 0 aliphatic carbocycles. The van der Waals surface area contributed by atoms with Gasteiger partial charge in [-0.1, -0.05) is 0 Å². The summed E-state index contributed by atoms with van der Waals surface area (Å²) in [7, 11) is 0. The van der Waals surface area contributed by atoms with E-state index in [4.69, 9.17) is 5.73 Å². The van der Waals surface area contributed by atoms with Crippen molar-refractivity contribution in [2.45, 2.75) is 12.8 Å². The number of hydrogen-bond acceptors (Lipinski definition) is 3. The van der Waals surface area contributed by atoms with Gasteiger partial charge in [0.2, 0.25) is 5.91 Å².